The third-order valence-electron chi connectivity index (χ3n) is 2.50. The van der Waals surface area contributed by atoms with Gasteiger partial charge in [0.2, 0.25) is 0 Å². The quantitative estimate of drug-likeness (QED) is 0.326. The summed E-state index contributed by atoms with van der Waals surface area (Å²) in [7, 11) is 0. The van der Waals surface area contributed by atoms with Crippen LogP contribution in [0.4, 0.5) is 0 Å². The van der Waals surface area contributed by atoms with Crippen LogP contribution in [-0.4, -0.2) is 37.3 Å². The Morgan fingerprint density at radius 1 is 1.35 bits per heavy atom. The first kappa shape index (κ1) is 16.0. The summed E-state index contributed by atoms with van der Waals surface area (Å²) < 4.78 is 0. The van der Waals surface area contributed by atoms with Crippen molar-refractivity contribution in [3.63, 3.8) is 0 Å². The highest BCUT2D eigenvalue weighted by molar-refractivity contribution is 5.79. The molecule has 0 aliphatic carbocycles. The normalized spacial score (nSPS) is 13.2. The van der Waals surface area contributed by atoms with Crippen molar-refractivity contribution in [1.29, 1.82) is 0 Å². The van der Waals surface area contributed by atoms with Crippen molar-refractivity contribution in [3.8, 4) is 0 Å². The minimum atomic E-state index is 0.247. The van der Waals surface area contributed by atoms with E-state index in [4.69, 9.17) is 5.11 Å². The van der Waals surface area contributed by atoms with Gasteiger partial charge in [-0.3, -0.25) is 4.99 Å². The lowest BCUT2D eigenvalue weighted by molar-refractivity contribution is 0.253. The van der Waals surface area contributed by atoms with Gasteiger partial charge in [0.15, 0.2) is 5.96 Å². The van der Waals surface area contributed by atoms with Gasteiger partial charge in [0, 0.05) is 26.2 Å². The van der Waals surface area contributed by atoms with E-state index in [0.29, 0.717) is 12.5 Å². The molecule has 0 saturated carbocycles. The van der Waals surface area contributed by atoms with Gasteiger partial charge in [0.25, 0.3) is 0 Å². The molecule has 0 saturated heterocycles. The van der Waals surface area contributed by atoms with Crippen molar-refractivity contribution in [2.24, 2.45) is 10.9 Å². The van der Waals surface area contributed by atoms with E-state index in [2.05, 4.69) is 29.1 Å². The summed E-state index contributed by atoms with van der Waals surface area (Å²) in [4.78, 5) is 4.52. The monoisotopic (exact) mass is 241 g/mol. The van der Waals surface area contributed by atoms with Crippen molar-refractivity contribution >= 4 is 5.96 Å². The van der Waals surface area contributed by atoms with E-state index >= 15 is 0 Å². The Morgan fingerprint density at radius 2 is 2.12 bits per heavy atom. The van der Waals surface area contributed by atoms with E-state index in [0.717, 1.165) is 38.3 Å². The van der Waals surface area contributed by atoms with Crippen molar-refractivity contribution in [2.75, 3.05) is 26.2 Å². The molecule has 0 heterocycles. The number of aliphatic imine (C=N–C) groups is 1. The third-order valence-corrected chi connectivity index (χ3v) is 2.50. The summed E-state index contributed by atoms with van der Waals surface area (Å²) in [5.74, 6) is 1.30. The van der Waals surface area contributed by atoms with E-state index in [1.165, 1.54) is 0 Å². The van der Waals surface area contributed by atoms with Crippen LogP contribution in [0, 0.1) is 5.92 Å². The lowest BCUT2D eigenvalue weighted by Gasteiger charge is -2.14. The molecular formula is C13H27N3O. The van der Waals surface area contributed by atoms with Crippen LogP contribution in [0.25, 0.3) is 0 Å². The van der Waals surface area contributed by atoms with Gasteiger partial charge in [-0.2, -0.15) is 0 Å². The lowest BCUT2D eigenvalue weighted by atomic mass is 10.0. The fraction of sp³-hybridized carbons (Fsp3) is 0.769. The maximum atomic E-state index is 8.98. The Kier molecular flexibility index (Phi) is 10.8. The molecule has 0 spiro atoms. The van der Waals surface area contributed by atoms with Gasteiger partial charge in [0.05, 0.1) is 0 Å². The molecule has 0 aromatic carbocycles. The van der Waals surface area contributed by atoms with Crippen LogP contribution in [-0.2, 0) is 0 Å². The zero-order valence-electron chi connectivity index (χ0n) is 11.2. The summed E-state index contributed by atoms with van der Waals surface area (Å²) in [6.45, 7) is 10.4. The molecule has 0 aliphatic rings. The van der Waals surface area contributed by atoms with E-state index in [1.807, 2.05) is 13.0 Å². The second-order valence-corrected chi connectivity index (χ2v) is 4.06. The SMILES string of the molecule is C=CCNC(=NCC(CCC)CCO)NCC. The number of rotatable bonds is 9. The van der Waals surface area contributed by atoms with Crippen LogP contribution in [0.2, 0.25) is 0 Å². The van der Waals surface area contributed by atoms with Gasteiger partial charge in [0.1, 0.15) is 0 Å². The van der Waals surface area contributed by atoms with Crippen LogP contribution in [0.3, 0.4) is 0 Å². The zero-order valence-corrected chi connectivity index (χ0v) is 11.2. The Bertz CT molecular complexity index is 211. The number of aliphatic hydroxyl groups excluding tert-OH is 1. The van der Waals surface area contributed by atoms with Crippen molar-refractivity contribution in [2.45, 2.75) is 33.1 Å². The summed E-state index contributed by atoms with van der Waals surface area (Å²) in [6, 6.07) is 0. The maximum Gasteiger partial charge on any atom is 0.191 e. The highest BCUT2D eigenvalue weighted by Crippen LogP contribution is 2.10. The minimum Gasteiger partial charge on any atom is -0.396 e. The standard InChI is InChI=1S/C13H27N3O/c1-4-7-12(8-10-17)11-16-13(14-6-3)15-9-5-2/h5,12,17H,2,4,6-11H2,1,3H3,(H2,14,15,16). The number of aliphatic hydroxyl groups is 1. The van der Waals surface area contributed by atoms with E-state index in [-0.39, 0.29) is 6.61 Å². The predicted molar refractivity (Wildman–Crippen MR) is 74.3 cm³/mol. The Labute approximate surface area is 105 Å². The Hall–Kier alpha value is -1.03. The molecule has 0 aromatic rings. The molecule has 4 heteroatoms. The number of hydrogen-bond acceptors (Lipinski definition) is 2. The third kappa shape index (κ3) is 8.74. The van der Waals surface area contributed by atoms with Crippen molar-refractivity contribution in [3.05, 3.63) is 12.7 Å². The molecule has 1 atom stereocenters. The lowest BCUT2D eigenvalue weighted by Crippen LogP contribution is -2.37. The second kappa shape index (κ2) is 11.5. The Morgan fingerprint density at radius 3 is 2.65 bits per heavy atom. The van der Waals surface area contributed by atoms with Crippen LogP contribution in [0.5, 0.6) is 0 Å². The van der Waals surface area contributed by atoms with Gasteiger partial charge in [-0.15, -0.1) is 6.58 Å². The van der Waals surface area contributed by atoms with Gasteiger partial charge < -0.3 is 15.7 Å². The molecule has 17 heavy (non-hydrogen) atoms. The molecule has 3 N–H and O–H groups in total. The number of nitrogens with zero attached hydrogens (tertiary/aromatic N) is 1. The van der Waals surface area contributed by atoms with Crippen LogP contribution in [0.1, 0.15) is 33.1 Å². The Balaban J connectivity index is 4.19. The predicted octanol–water partition coefficient (Wildman–Crippen LogP) is 1.53. The minimum absolute atomic E-state index is 0.247. The molecule has 0 bridgehead atoms. The van der Waals surface area contributed by atoms with Gasteiger partial charge in [-0.1, -0.05) is 19.4 Å². The largest absolute Gasteiger partial charge is 0.396 e. The highest BCUT2D eigenvalue weighted by Gasteiger charge is 2.06. The molecule has 0 amide bonds. The first-order valence-electron chi connectivity index (χ1n) is 6.52. The van der Waals surface area contributed by atoms with E-state index in [1.54, 1.807) is 0 Å². The fourth-order valence-electron chi connectivity index (χ4n) is 1.65. The molecule has 0 radical (unpaired) electrons. The smallest absolute Gasteiger partial charge is 0.191 e. The highest BCUT2D eigenvalue weighted by atomic mass is 16.3. The van der Waals surface area contributed by atoms with Crippen LogP contribution in [0.15, 0.2) is 17.6 Å². The average molecular weight is 241 g/mol. The summed E-state index contributed by atoms with van der Waals surface area (Å²) in [5.41, 5.74) is 0. The van der Waals surface area contributed by atoms with Crippen molar-refractivity contribution < 1.29 is 5.11 Å². The number of guanidine groups is 1. The molecule has 0 aliphatic heterocycles. The molecule has 0 rings (SSSR count). The van der Waals surface area contributed by atoms with E-state index in [9.17, 15) is 0 Å². The van der Waals surface area contributed by atoms with Crippen LogP contribution >= 0.6 is 0 Å². The molecule has 0 fully saturated rings. The molecule has 1 unspecified atom stereocenters. The molecule has 4 nitrogen and oxygen atoms in total. The van der Waals surface area contributed by atoms with E-state index < -0.39 is 0 Å². The van der Waals surface area contributed by atoms with Crippen LogP contribution < -0.4 is 10.6 Å². The molecule has 0 aromatic heterocycles. The van der Waals surface area contributed by atoms with Gasteiger partial charge in [-0.05, 0) is 25.7 Å². The summed E-state index contributed by atoms with van der Waals surface area (Å²) in [5, 5.41) is 15.3. The summed E-state index contributed by atoms with van der Waals surface area (Å²) in [6.07, 6.45) is 4.89. The zero-order chi connectivity index (χ0) is 12.9. The summed E-state index contributed by atoms with van der Waals surface area (Å²) >= 11 is 0. The number of nitrogens with one attached hydrogen (secondary N) is 2. The first-order valence-corrected chi connectivity index (χ1v) is 6.52. The molecule has 100 valence electrons. The van der Waals surface area contributed by atoms with Gasteiger partial charge >= 0.3 is 0 Å². The van der Waals surface area contributed by atoms with Crippen molar-refractivity contribution in [1.82, 2.24) is 10.6 Å². The fourth-order valence-corrected chi connectivity index (χ4v) is 1.65. The average Bonchev–Trinajstić information content (AvgIpc) is 2.33. The van der Waals surface area contributed by atoms with Gasteiger partial charge in [-0.25, -0.2) is 0 Å². The first-order chi connectivity index (χ1) is 8.28. The topological polar surface area (TPSA) is 56.7 Å². The molecular weight excluding hydrogens is 214 g/mol. The number of hydrogen-bond donors (Lipinski definition) is 3. The maximum absolute atomic E-state index is 8.98. The second-order valence-electron chi connectivity index (χ2n) is 4.06.